The van der Waals surface area contributed by atoms with Crippen LogP contribution in [0.5, 0.6) is 0 Å². The van der Waals surface area contributed by atoms with E-state index in [0.29, 0.717) is 0 Å². The van der Waals surface area contributed by atoms with Gasteiger partial charge in [-0.2, -0.15) is 0 Å². The van der Waals surface area contributed by atoms with Crippen LogP contribution in [0.15, 0.2) is 0 Å². The van der Waals surface area contributed by atoms with E-state index >= 15 is 0 Å². The molecule has 0 aliphatic rings. The second kappa shape index (κ2) is 19.0. The standard InChI is InChI=1S/C7H14O9P2.2Na/c8-7(5-13-1-3-15-17(9)10)6-14-2-4-16-18(11)12;;/h7-8H,1-6H2;;/p+2. The second-order valence-corrected chi connectivity index (χ2v) is 4.41. The molecule has 2 unspecified atom stereocenters. The average Bonchev–Trinajstić information content (AvgIpc) is 2.27. The SMILES string of the molecule is O=[P+](O)OCCOCC(O)COCCO[P+](=O)O.[Na].[Na]. The van der Waals surface area contributed by atoms with Crippen LogP contribution in [0.25, 0.3) is 0 Å². The molecule has 0 bridgehead atoms. The van der Waals surface area contributed by atoms with Gasteiger partial charge in [0.1, 0.15) is 19.3 Å². The summed E-state index contributed by atoms with van der Waals surface area (Å²) >= 11 is 0. The van der Waals surface area contributed by atoms with E-state index in [-0.39, 0.29) is 98.8 Å². The van der Waals surface area contributed by atoms with E-state index in [0.717, 1.165) is 0 Å². The molecule has 0 heterocycles. The molecule has 20 heavy (non-hydrogen) atoms. The van der Waals surface area contributed by atoms with Crippen LogP contribution in [0.3, 0.4) is 0 Å². The van der Waals surface area contributed by atoms with Crippen molar-refractivity contribution >= 4 is 75.6 Å². The molecule has 0 aromatic carbocycles. The van der Waals surface area contributed by atoms with Gasteiger partial charge in [-0.15, -0.1) is 18.8 Å². The van der Waals surface area contributed by atoms with Crippen molar-refractivity contribution in [3.05, 3.63) is 0 Å². The summed E-state index contributed by atoms with van der Waals surface area (Å²) in [6.45, 7) is 0.0360. The van der Waals surface area contributed by atoms with Gasteiger partial charge >= 0.3 is 16.5 Å². The molecule has 0 rings (SSSR count). The van der Waals surface area contributed by atoms with Gasteiger partial charge in [0.25, 0.3) is 0 Å². The molecule has 0 saturated heterocycles. The maximum Gasteiger partial charge on any atom is 0.694 e. The van der Waals surface area contributed by atoms with Crippen LogP contribution in [0.2, 0.25) is 0 Å². The molecular formula is C7H16Na2O9P2+2. The van der Waals surface area contributed by atoms with Crippen LogP contribution in [-0.4, -0.2) is 120 Å². The van der Waals surface area contributed by atoms with Gasteiger partial charge in [0.05, 0.1) is 26.4 Å². The molecule has 0 amide bonds. The van der Waals surface area contributed by atoms with Crippen molar-refractivity contribution in [2.45, 2.75) is 6.10 Å². The molecule has 9 nitrogen and oxygen atoms in total. The van der Waals surface area contributed by atoms with Gasteiger partial charge in [-0.3, -0.25) is 0 Å². The Morgan fingerprint density at radius 3 is 1.45 bits per heavy atom. The summed E-state index contributed by atoms with van der Waals surface area (Å²) in [7, 11) is -5.25. The van der Waals surface area contributed by atoms with Crippen molar-refractivity contribution in [2.75, 3.05) is 39.6 Å². The summed E-state index contributed by atoms with van der Waals surface area (Å²) in [6, 6.07) is 0. The second-order valence-electron chi connectivity index (χ2n) is 2.95. The fourth-order valence-electron chi connectivity index (χ4n) is 0.835. The molecule has 0 fully saturated rings. The first-order chi connectivity index (χ1) is 8.52. The fourth-order valence-corrected chi connectivity index (χ4v) is 1.30. The van der Waals surface area contributed by atoms with Crippen molar-refractivity contribution in [1.82, 2.24) is 0 Å². The van der Waals surface area contributed by atoms with E-state index in [1.54, 1.807) is 0 Å². The van der Waals surface area contributed by atoms with E-state index < -0.39 is 22.6 Å². The number of rotatable bonds is 12. The molecule has 3 N–H and O–H groups in total. The largest absolute Gasteiger partial charge is 0.694 e. The molecule has 0 spiro atoms. The van der Waals surface area contributed by atoms with Crippen LogP contribution >= 0.6 is 16.5 Å². The maximum atomic E-state index is 10.1. The molecule has 0 aromatic rings. The van der Waals surface area contributed by atoms with Crippen molar-refractivity contribution in [3.8, 4) is 0 Å². The summed E-state index contributed by atoms with van der Waals surface area (Å²) in [4.78, 5) is 16.6. The smallest absolute Gasteiger partial charge is 0.388 e. The van der Waals surface area contributed by atoms with Gasteiger partial charge in [-0.05, 0) is 0 Å². The predicted molar refractivity (Wildman–Crippen MR) is 70.7 cm³/mol. The Labute approximate surface area is 162 Å². The van der Waals surface area contributed by atoms with E-state index in [9.17, 15) is 14.2 Å². The van der Waals surface area contributed by atoms with Crippen molar-refractivity contribution in [2.24, 2.45) is 0 Å². The molecule has 2 radical (unpaired) electrons. The molecule has 13 heteroatoms. The van der Waals surface area contributed by atoms with E-state index in [1.165, 1.54) is 0 Å². The third kappa shape index (κ3) is 22.2. The number of aliphatic hydroxyl groups is 1. The quantitative estimate of drug-likeness (QED) is 0.229. The minimum absolute atomic E-state index is 0. The van der Waals surface area contributed by atoms with E-state index in [4.69, 9.17) is 19.3 Å². The Hall–Kier alpha value is 1.92. The fraction of sp³-hybridized carbons (Fsp3) is 1.00. The van der Waals surface area contributed by atoms with Crippen molar-refractivity contribution in [3.63, 3.8) is 0 Å². The summed E-state index contributed by atoms with van der Waals surface area (Å²) in [5, 5.41) is 9.32. The third-order valence-corrected chi connectivity index (χ3v) is 2.29. The topological polar surface area (TPSA) is 132 Å². The van der Waals surface area contributed by atoms with Gasteiger partial charge < -0.3 is 14.6 Å². The Morgan fingerprint density at radius 2 is 1.15 bits per heavy atom. The first kappa shape index (κ1) is 26.8. The van der Waals surface area contributed by atoms with Gasteiger partial charge in [-0.25, -0.2) is 0 Å². The molecule has 0 aliphatic carbocycles. The summed E-state index contributed by atoms with van der Waals surface area (Å²) in [5.74, 6) is 0. The van der Waals surface area contributed by atoms with Crippen LogP contribution in [0.4, 0.5) is 0 Å². The molecule has 2 atom stereocenters. The van der Waals surface area contributed by atoms with Gasteiger partial charge in [0.15, 0.2) is 0 Å². The Morgan fingerprint density at radius 1 is 0.800 bits per heavy atom. The van der Waals surface area contributed by atoms with Crippen molar-refractivity contribution in [1.29, 1.82) is 0 Å². The first-order valence-electron chi connectivity index (χ1n) is 4.94. The van der Waals surface area contributed by atoms with E-state index in [1.807, 2.05) is 0 Å². The number of ether oxygens (including phenoxy) is 2. The Bertz CT molecular complexity index is 234. The van der Waals surface area contributed by atoms with E-state index in [2.05, 4.69) is 9.05 Å². The van der Waals surface area contributed by atoms with Gasteiger partial charge in [0, 0.05) is 68.2 Å². The summed E-state index contributed by atoms with van der Waals surface area (Å²) in [5.41, 5.74) is 0. The molecular weight excluding hydrogens is 336 g/mol. The van der Waals surface area contributed by atoms with Crippen LogP contribution in [0.1, 0.15) is 0 Å². The predicted octanol–water partition coefficient (Wildman–Crippen LogP) is -1.05. The van der Waals surface area contributed by atoms with Crippen LogP contribution < -0.4 is 0 Å². The van der Waals surface area contributed by atoms with Crippen LogP contribution in [-0.2, 0) is 27.7 Å². The number of hydrogen-bond donors (Lipinski definition) is 3. The number of aliphatic hydroxyl groups excluding tert-OH is 1. The normalized spacial score (nSPS) is 12.9. The summed E-state index contributed by atoms with van der Waals surface area (Å²) < 4.78 is 38.7. The average molecular weight is 352 g/mol. The maximum absolute atomic E-state index is 10.1. The summed E-state index contributed by atoms with van der Waals surface area (Å²) in [6.07, 6.45) is -0.865. The number of hydrogen-bond acceptors (Lipinski definition) is 7. The monoisotopic (exact) mass is 352 g/mol. The van der Waals surface area contributed by atoms with Crippen molar-refractivity contribution < 1.29 is 42.5 Å². The molecule has 0 aromatic heterocycles. The molecule has 0 saturated carbocycles. The van der Waals surface area contributed by atoms with Gasteiger partial charge in [0.2, 0.25) is 0 Å². The third-order valence-electron chi connectivity index (χ3n) is 1.48. The zero-order valence-corrected chi connectivity index (χ0v) is 17.3. The first-order valence-corrected chi connectivity index (χ1v) is 7.20. The zero-order valence-electron chi connectivity index (χ0n) is 11.5. The Balaban J connectivity index is -0.00000144. The zero-order chi connectivity index (χ0) is 13.8. The van der Waals surface area contributed by atoms with Crippen LogP contribution in [0, 0.1) is 0 Å². The molecule has 108 valence electrons. The molecule has 0 aliphatic heterocycles. The Kier molecular flexibility index (Phi) is 25.4. The minimum Gasteiger partial charge on any atom is -0.388 e. The minimum atomic E-state index is -2.63. The van der Waals surface area contributed by atoms with Gasteiger partial charge in [-0.1, -0.05) is 0 Å².